The minimum Gasteiger partial charge on any atom is -0.493 e. The number of aryl methyl sites for hydroxylation is 1. The van der Waals surface area contributed by atoms with Crippen molar-refractivity contribution in [1.82, 2.24) is 4.98 Å². The zero-order chi connectivity index (χ0) is 14.5. The molecule has 0 atom stereocenters. The molecular formula is C15H14N2O3. The Bertz CT molecular complexity index is 640. The zero-order valence-corrected chi connectivity index (χ0v) is 11.5. The third-order valence-corrected chi connectivity index (χ3v) is 2.70. The summed E-state index contributed by atoms with van der Waals surface area (Å²) in [5.74, 6) is 1.65. The number of hydrogen-bond acceptors (Lipinski definition) is 5. The van der Waals surface area contributed by atoms with Gasteiger partial charge in [-0.1, -0.05) is 6.07 Å². The highest BCUT2D eigenvalue weighted by molar-refractivity contribution is 5.54. The number of aromatic nitrogens is 1. The van der Waals surface area contributed by atoms with E-state index in [9.17, 15) is 0 Å². The van der Waals surface area contributed by atoms with Gasteiger partial charge in [-0.15, -0.1) is 0 Å². The van der Waals surface area contributed by atoms with E-state index in [0.717, 1.165) is 5.69 Å². The number of pyridine rings is 1. The van der Waals surface area contributed by atoms with Crippen LogP contribution in [0.3, 0.4) is 0 Å². The summed E-state index contributed by atoms with van der Waals surface area (Å²) in [4.78, 5) is 4.23. The van der Waals surface area contributed by atoms with Crippen LogP contribution in [0, 0.1) is 18.3 Å². The average Bonchev–Trinajstić information content (AvgIpc) is 2.47. The topological polar surface area (TPSA) is 64.4 Å². The Morgan fingerprint density at radius 2 is 1.70 bits per heavy atom. The summed E-state index contributed by atoms with van der Waals surface area (Å²) in [5.41, 5.74) is 1.11. The van der Waals surface area contributed by atoms with Crippen molar-refractivity contribution in [1.29, 1.82) is 5.26 Å². The Balaban J connectivity index is 2.50. The molecular weight excluding hydrogens is 256 g/mol. The first-order valence-electron chi connectivity index (χ1n) is 5.96. The van der Waals surface area contributed by atoms with Gasteiger partial charge in [0, 0.05) is 5.69 Å². The molecule has 5 heteroatoms. The van der Waals surface area contributed by atoms with Crippen molar-refractivity contribution < 1.29 is 14.2 Å². The van der Waals surface area contributed by atoms with Gasteiger partial charge in [-0.2, -0.15) is 5.26 Å². The molecule has 0 spiro atoms. The molecule has 0 bridgehead atoms. The Kier molecular flexibility index (Phi) is 4.06. The maximum atomic E-state index is 9.11. The molecule has 20 heavy (non-hydrogen) atoms. The fourth-order valence-corrected chi connectivity index (χ4v) is 1.71. The molecule has 0 saturated carbocycles. The number of methoxy groups -OCH3 is 2. The lowest BCUT2D eigenvalue weighted by Gasteiger charge is -2.14. The van der Waals surface area contributed by atoms with Crippen molar-refractivity contribution in [3.8, 4) is 29.2 Å². The Morgan fingerprint density at radius 1 is 1.05 bits per heavy atom. The number of ether oxygens (including phenoxy) is 3. The molecule has 0 radical (unpaired) electrons. The summed E-state index contributed by atoms with van der Waals surface area (Å²) in [6.45, 7) is 1.83. The van der Waals surface area contributed by atoms with Crippen LogP contribution in [0.1, 0.15) is 11.3 Å². The van der Waals surface area contributed by atoms with E-state index in [4.69, 9.17) is 19.5 Å². The summed E-state index contributed by atoms with van der Waals surface area (Å²) >= 11 is 0. The van der Waals surface area contributed by atoms with Crippen molar-refractivity contribution in [3.63, 3.8) is 0 Å². The van der Waals surface area contributed by atoms with E-state index < -0.39 is 0 Å². The molecule has 5 nitrogen and oxygen atoms in total. The predicted molar refractivity (Wildman–Crippen MR) is 73.3 cm³/mol. The minimum absolute atomic E-state index is 0.232. The summed E-state index contributed by atoms with van der Waals surface area (Å²) in [7, 11) is 3.08. The first kappa shape index (κ1) is 13.7. The molecule has 0 aliphatic heterocycles. The van der Waals surface area contributed by atoms with Gasteiger partial charge >= 0.3 is 0 Å². The first-order chi connectivity index (χ1) is 9.69. The molecule has 0 aliphatic carbocycles. The molecule has 102 valence electrons. The Labute approximate surface area is 117 Å². The monoisotopic (exact) mass is 270 g/mol. The lowest BCUT2D eigenvalue weighted by atomic mass is 10.2. The van der Waals surface area contributed by atoms with E-state index >= 15 is 0 Å². The van der Waals surface area contributed by atoms with E-state index in [1.807, 2.05) is 13.0 Å². The van der Waals surface area contributed by atoms with Crippen LogP contribution in [0.2, 0.25) is 0 Å². The second-order valence-electron chi connectivity index (χ2n) is 4.01. The predicted octanol–water partition coefficient (Wildman–Crippen LogP) is 3.07. The van der Waals surface area contributed by atoms with Crippen LogP contribution < -0.4 is 14.2 Å². The van der Waals surface area contributed by atoms with Gasteiger partial charge in [0.15, 0.2) is 11.5 Å². The molecule has 1 heterocycles. The lowest BCUT2D eigenvalue weighted by Crippen LogP contribution is -1.98. The molecule has 0 N–H and O–H groups in total. The van der Waals surface area contributed by atoms with Gasteiger partial charge < -0.3 is 14.2 Å². The third-order valence-electron chi connectivity index (χ3n) is 2.70. The van der Waals surface area contributed by atoms with Crippen molar-refractivity contribution in [2.24, 2.45) is 0 Å². The molecule has 1 aromatic heterocycles. The van der Waals surface area contributed by atoms with Gasteiger partial charge in [-0.3, -0.25) is 0 Å². The smallest absolute Gasteiger partial charge is 0.237 e. The highest BCUT2D eigenvalue weighted by Gasteiger charge is 2.15. The highest BCUT2D eigenvalue weighted by Crippen LogP contribution is 2.40. The SMILES string of the molecule is COc1cccc(OC)c1Oc1nc(C)ccc1C#N. The van der Waals surface area contributed by atoms with Gasteiger partial charge in [0.05, 0.1) is 14.2 Å². The molecule has 0 unspecified atom stereocenters. The number of nitriles is 1. The molecule has 0 fully saturated rings. The van der Waals surface area contributed by atoms with Crippen molar-refractivity contribution in [3.05, 3.63) is 41.6 Å². The average molecular weight is 270 g/mol. The van der Waals surface area contributed by atoms with E-state index in [0.29, 0.717) is 22.8 Å². The van der Waals surface area contributed by atoms with Gasteiger partial charge in [-0.05, 0) is 31.2 Å². The van der Waals surface area contributed by atoms with Crippen LogP contribution in [0.5, 0.6) is 23.1 Å². The van der Waals surface area contributed by atoms with E-state index in [1.54, 1.807) is 30.3 Å². The van der Waals surface area contributed by atoms with Crippen LogP contribution in [0.25, 0.3) is 0 Å². The largest absolute Gasteiger partial charge is 0.493 e. The minimum atomic E-state index is 0.232. The quantitative estimate of drug-likeness (QED) is 0.854. The summed E-state index contributed by atoms with van der Waals surface area (Å²) in [6, 6.07) is 10.8. The molecule has 2 aromatic rings. The summed E-state index contributed by atoms with van der Waals surface area (Å²) < 4.78 is 16.2. The van der Waals surface area contributed by atoms with Crippen LogP contribution in [-0.2, 0) is 0 Å². The molecule has 0 amide bonds. The number of hydrogen-bond donors (Lipinski definition) is 0. The Morgan fingerprint density at radius 3 is 2.25 bits per heavy atom. The zero-order valence-electron chi connectivity index (χ0n) is 11.5. The molecule has 0 saturated heterocycles. The molecule has 0 aliphatic rings. The van der Waals surface area contributed by atoms with Crippen LogP contribution in [0.15, 0.2) is 30.3 Å². The standard InChI is InChI=1S/C15H14N2O3/c1-10-7-8-11(9-16)15(17-10)20-14-12(18-2)5-4-6-13(14)19-3/h4-8H,1-3H3. The maximum Gasteiger partial charge on any atom is 0.237 e. The van der Waals surface area contributed by atoms with E-state index in [1.165, 1.54) is 14.2 Å². The van der Waals surface area contributed by atoms with Crippen LogP contribution in [-0.4, -0.2) is 19.2 Å². The normalized spacial score (nSPS) is 9.70. The summed E-state index contributed by atoms with van der Waals surface area (Å²) in [5, 5.41) is 9.11. The molecule has 1 aromatic carbocycles. The van der Waals surface area contributed by atoms with Gasteiger partial charge in [0.1, 0.15) is 11.6 Å². The van der Waals surface area contributed by atoms with Gasteiger partial charge in [-0.25, -0.2) is 4.98 Å². The summed E-state index contributed by atoms with van der Waals surface area (Å²) in [6.07, 6.45) is 0. The first-order valence-corrected chi connectivity index (χ1v) is 5.96. The van der Waals surface area contributed by atoms with E-state index in [-0.39, 0.29) is 5.88 Å². The second kappa shape index (κ2) is 5.93. The Hall–Kier alpha value is -2.74. The highest BCUT2D eigenvalue weighted by atomic mass is 16.5. The van der Waals surface area contributed by atoms with Crippen molar-refractivity contribution in [2.45, 2.75) is 6.92 Å². The fraction of sp³-hybridized carbons (Fsp3) is 0.200. The number of benzene rings is 1. The van der Waals surface area contributed by atoms with Gasteiger partial charge in [0.2, 0.25) is 11.6 Å². The van der Waals surface area contributed by atoms with E-state index in [2.05, 4.69) is 4.98 Å². The number of para-hydroxylation sites is 1. The van der Waals surface area contributed by atoms with Crippen LogP contribution >= 0.6 is 0 Å². The second-order valence-corrected chi connectivity index (χ2v) is 4.01. The lowest BCUT2D eigenvalue weighted by molar-refractivity contribution is 0.341. The third kappa shape index (κ3) is 2.64. The van der Waals surface area contributed by atoms with Crippen molar-refractivity contribution in [2.75, 3.05) is 14.2 Å². The number of nitrogens with zero attached hydrogens (tertiary/aromatic N) is 2. The molecule has 2 rings (SSSR count). The maximum absolute atomic E-state index is 9.11. The van der Waals surface area contributed by atoms with Crippen molar-refractivity contribution >= 4 is 0 Å². The van der Waals surface area contributed by atoms with Crippen LogP contribution in [0.4, 0.5) is 0 Å². The fourth-order valence-electron chi connectivity index (χ4n) is 1.71. The van der Waals surface area contributed by atoms with Gasteiger partial charge in [0.25, 0.3) is 0 Å². The number of rotatable bonds is 4.